The Morgan fingerprint density at radius 2 is 2.30 bits per heavy atom. The quantitative estimate of drug-likeness (QED) is 0.436. The summed E-state index contributed by atoms with van der Waals surface area (Å²) in [5.41, 5.74) is 0. The summed E-state index contributed by atoms with van der Waals surface area (Å²) in [7, 11) is 0. The SMILES string of the molecule is ClCC#Cc1ccc(Cl)s1. The molecular formula is C7H4Cl2S. The summed E-state index contributed by atoms with van der Waals surface area (Å²) in [6.07, 6.45) is 0. The molecule has 0 radical (unpaired) electrons. The van der Waals surface area contributed by atoms with Crippen molar-refractivity contribution >= 4 is 34.5 Å². The zero-order chi connectivity index (χ0) is 7.40. The smallest absolute Gasteiger partial charge is 0.0941 e. The van der Waals surface area contributed by atoms with Crippen LogP contribution in [0.15, 0.2) is 12.1 Å². The van der Waals surface area contributed by atoms with Gasteiger partial charge in [0.25, 0.3) is 0 Å². The first-order chi connectivity index (χ1) is 4.83. The average Bonchev–Trinajstić information content (AvgIpc) is 2.31. The minimum atomic E-state index is 0.371. The zero-order valence-corrected chi connectivity index (χ0v) is 7.35. The third-order valence-corrected chi connectivity index (χ3v) is 2.13. The van der Waals surface area contributed by atoms with E-state index in [4.69, 9.17) is 23.2 Å². The number of hydrogen-bond donors (Lipinski definition) is 0. The van der Waals surface area contributed by atoms with Crippen LogP contribution in [0.25, 0.3) is 0 Å². The highest BCUT2D eigenvalue weighted by molar-refractivity contribution is 7.16. The molecule has 0 atom stereocenters. The van der Waals surface area contributed by atoms with E-state index in [9.17, 15) is 0 Å². The highest BCUT2D eigenvalue weighted by Crippen LogP contribution is 2.19. The minimum Gasteiger partial charge on any atom is -0.115 e. The number of alkyl halides is 1. The molecule has 0 nitrogen and oxygen atoms in total. The van der Waals surface area contributed by atoms with Crippen LogP contribution in [0.2, 0.25) is 4.34 Å². The second-order valence-corrected chi connectivity index (χ2v) is 3.52. The van der Waals surface area contributed by atoms with Crippen LogP contribution in [0.4, 0.5) is 0 Å². The van der Waals surface area contributed by atoms with Crippen molar-refractivity contribution in [3.63, 3.8) is 0 Å². The molecule has 52 valence electrons. The Morgan fingerprint density at radius 3 is 2.80 bits per heavy atom. The molecule has 1 aromatic heterocycles. The first kappa shape index (κ1) is 7.94. The molecule has 0 amide bonds. The molecule has 3 heteroatoms. The topological polar surface area (TPSA) is 0 Å². The minimum absolute atomic E-state index is 0.371. The lowest BCUT2D eigenvalue weighted by Crippen LogP contribution is -1.61. The molecule has 0 spiro atoms. The van der Waals surface area contributed by atoms with E-state index in [1.807, 2.05) is 12.1 Å². The molecule has 0 bridgehead atoms. The molecule has 0 N–H and O–H groups in total. The van der Waals surface area contributed by atoms with Crippen LogP contribution in [0.5, 0.6) is 0 Å². The summed E-state index contributed by atoms with van der Waals surface area (Å²) in [6.45, 7) is 0. The summed E-state index contributed by atoms with van der Waals surface area (Å²) < 4.78 is 0.763. The molecule has 0 saturated carbocycles. The fourth-order valence-electron chi connectivity index (χ4n) is 0.502. The molecule has 0 unspecified atom stereocenters. The van der Waals surface area contributed by atoms with Gasteiger partial charge in [0, 0.05) is 0 Å². The van der Waals surface area contributed by atoms with Crippen molar-refractivity contribution in [3.8, 4) is 11.8 Å². The third kappa shape index (κ3) is 2.22. The average molecular weight is 191 g/mol. The maximum absolute atomic E-state index is 5.66. The van der Waals surface area contributed by atoms with Gasteiger partial charge in [0.05, 0.1) is 15.1 Å². The first-order valence-electron chi connectivity index (χ1n) is 2.63. The number of hydrogen-bond acceptors (Lipinski definition) is 1. The highest BCUT2D eigenvalue weighted by atomic mass is 35.5. The lowest BCUT2D eigenvalue weighted by Gasteiger charge is -1.73. The van der Waals surface area contributed by atoms with Crippen molar-refractivity contribution in [2.24, 2.45) is 0 Å². The van der Waals surface area contributed by atoms with E-state index < -0.39 is 0 Å². The van der Waals surface area contributed by atoms with Crippen molar-refractivity contribution in [3.05, 3.63) is 21.3 Å². The van der Waals surface area contributed by atoms with Crippen LogP contribution in [-0.2, 0) is 0 Å². The van der Waals surface area contributed by atoms with Gasteiger partial charge in [-0.25, -0.2) is 0 Å². The Morgan fingerprint density at radius 1 is 1.50 bits per heavy atom. The monoisotopic (exact) mass is 190 g/mol. The van der Waals surface area contributed by atoms with Gasteiger partial charge in [0.2, 0.25) is 0 Å². The lowest BCUT2D eigenvalue weighted by atomic mass is 10.5. The molecule has 0 aliphatic heterocycles. The molecule has 0 saturated heterocycles. The molecule has 1 heterocycles. The van der Waals surface area contributed by atoms with E-state index in [1.165, 1.54) is 11.3 Å². The molecular weight excluding hydrogens is 187 g/mol. The van der Waals surface area contributed by atoms with Crippen LogP contribution in [-0.4, -0.2) is 5.88 Å². The van der Waals surface area contributed by atoms with Gasteiger partial charge in [0.1, 0.15) is 0 Å². The van der Waals surface area contributed by atoms with Crippen molar-refractivity contribution in [2.45, 2.75) is 0 Å². The van der Waals surface area contributed by atoms with Gasteiger partial charge in [0.15, 0.2) is 0 Å². The van der Waals surface area contributed by atoms with Gasteiger partial charge < -0.3 is 0 Å². The Hall–Kier alpha value is -0.160. The van der Waals surface area contributed by atoms with E-state index >= 15 is 0 Å². The lowest BCUT2D eigenvalue weighted by molar-refractivity contribution is 1.87. The summed E-state index contributed by atoms with van der Waals surface area (Å²) in [6, 6.07) is 3.71. The van der Waals surface area contributed by atoms with Gasteiger partial charge in [-0.2, -0.15) is 0 Å². The van der Waals surface area contributed by atoms with Gasteiger partial charge in [-0.05, 0) is 12.1 Å². The highest BCUT2D eigenvalue weighted by Gasteiger charge is 1.90. The van der Waals surface area contributed by atoms with Gasteiger partial charge in [-0.1, -0.05) is 23.4 Å². The van der Waals surface area contributed by atoms with Crippen LogP contribution in [0.1, 0.15) is 4.88 Å². The predicted molar refractivity (Wildman–Crippen MR) is 46.9 cm³/mol. The number of halogens is 2. The molecule has 1 aromatic rings. The molecule has 0 aliphatic rings. The molecule has 10 heavy (non-hydrogen) atoms. The van der Waals surface area contributed by atoms with Crippen LogP contribution >= 0.6 is 34.5 Å². The molecule has 1 rings (SSSR count). The molecule has 0 aliphatic carbocycles. The standard InChI is InChI=1S/C7H4Cl2S/c8-5-1-2-6-3-4-7(9)10-6/h3-4H,5H2. The fourth-order valence-corrected chi connectivity index (χ4v) is 1.49. The zero-order valence-electron chi connectivity index (χ0n) is 5.03. The Kier molecular flexibility index (Phi) is 3.08. The number of rotatable bonds is 0. The summed E-state index contributed by atoms with van der Waals surface area (Å²) in [5.74, 6) is 5.98. The summed E-state index contributed by atoms with van der Waals surface area (Å²) in [5, 5.41) is 0. The maximum atomic E-state index is 5.66. The fraction of sp³-hybridized carbons (Fsp3) is 0.143. The largest absolute Gasteiger partial charge is 0.115 e. The number of thiophene rings is 1. The summed E-state index contributed by atoms with van der Waals surface area (Å²) in [4.78, 5) is 0.964. The normalized spacial score (nSPS) is 8.60. The van der Waals surface area contributed by atoms with Crippen LogP contribution in [0.3, 0.4) is 0 Å². The van der Waals surface area contributed by atoms with Crippen LogP contribution in [0, 0.1) is 11.8 Å². The van der Waals surface area contributed by atoms with Crippen molar-refractivity contribution in [1.82, 2.24) is 0 Å². The Balaban J connectivity index is 2.76. The van der Waals surface area contributed by atoms with Gasteiger partial charge in [-0.15, -0.1) is 22.9 Å². The van der Waals surface area contributed by atoms with Crippen molar-refractivity contribution in [2.75, 3.05) is 5.88 Å². The second kappa shape index (κ2) is 3.88. The van der Waals surface area contributed by atoms with Gasteiger partial charge >= 0.3 is 0 Å². The van der Waals surface area contributed by atoms with Crippen molar-refractivity contribution in [1.29, 1.82) is 0 Å². The van der Waals surface area contributed by atoms with Crippen LogP contribution < -0.4 is 0 Å². The maximum Gasteiger partial charge on any atom is 0.0941 e. The van der Waals surface area contributed by atoms with Gasteiger partial charge in [-0.3, -0.25) is 0 Å². The van der Waals surface area contributed by atoms with Crippen molar-refractivity contribution < 1.29 is 0 Å². The Labute approximate surface area is 73.8 Å². The van der Waals surface area contributed by atoms with E-state index in [0.717, 1.165) is 9.21 Å². The van der Waals surface area contributed by atoms with E-state index in [0.29, 0.717) is 5.88 Å². The Bertz CT molecular complexity index is 267. The van der Waals surface area contributed by atoms with E-state index in [1.54, 1.807) is 0 Å². The predicted octanol–water partition coefficient (Wildman–Crippen LogP) is 2.99. The van der Waals surface area contributed by atoms with E-state index in [2.05, 4.69) is 11.8 Å². The molecule has 0 aromatic carbocycles. The first-order valence-corrected chi connectivity index (χ1v) is 4.36. The second-order valence-electron chi connectivity index (χ2n) is 1.54. The third-order valence-electron chi connectivity index (χ3n) is 0.852. The molecule has 0 fully saturated rings. The van der Waals surface area contributed by atoms with E-state index in [-0.39, 0.29) is 0 Å². The summed E-state index contributed by atoms with van der Waals surface area (Å²) >= 11 is 12.5.